The van der Waals surface area contributed by atoms with Crippen LogP contribution in [0.4, 0.5) is 23.7 Å². The van der Waals surface area contributed by atoms with E-state index in [1.807, 2.05) is 25.8 Å². The van der Waals surface area contributed by atoms with Crippen molar-refractivity contribution in [3.05, 3.63) is 59.2 Å². The fraction of sp³-hybridized carbons (Fsp3) is 0.622. The number of urea groups is 1. The Morgan fingerprint density at radius 2 is 1.73 bits per heavy atom. The molecule has 1 fully saturated rings. The van der Waals surface area contributed by atoms with Crippen LogP contribution in [0.15, 0.2) is 42.5 Å². The van der Waals surface area contributed by atoms with Gasteiger partial charge in [0.05, 0.1) is 36.0 Å². The van der Waals surface area contributed by atoms with Gasteiger partial charge in [-0.2, -0.15) is 13.2 Å². The van der Waals surface area contributed by atoms with Crippen LogP contribution in [-0.2, 0) is 17.5 Å². The van der Waals surface area contributed by atoms with Crippen LogP contribution in [0.1, 0.15) is 93.6 Å². The molecule has 2 aromatic rings. The Bertz CT molecular complexity index is 1350. The zero-order valence-corrected chi connectivity index (χ0v) is 29.2. The molecule has 4 atom stereocenters. The monoisotopic (exact) mass is 690 g/mol. The zero-order chi connectivity index (χ0) is 35.6. The lowest BCUT2D eigenvalue weighted by molar-refractivity contribution is -0.137. The summed E-state index contributed by atoms with van der Waals surface area (Å²) in [5.41, 5.74) is 0.825. The molecule has 1 aliphatic heterocycles. The third kappa shape index (κ3) is 11.6. The number of aliphatic hydroxyl groups is 1. The Morgan fingerprint density at radius 3 is 2.41 bits per heavy atom. The minimum atomic E-state index is -4.39. The van der Waals surface area contributed by atoms with Crippen LogP contribution < -0.4 is 15.4 Å². The van der Waals surface area contributed by atoms with E-state index in [1.165, 1.54) is 18.6 Å². The van der Waals surface area contributed by atoms with Crippen LogP contribution in [0.2, 0.25) is 0 Å². The first-order chi connectivity index (χ1) is 23.3. The largest absolute Gasteiger partial charge is 0.490 e. The first-order valence-electron chi connectivity index (χ1n) is 17.6. The maximum Gasteiger partial charge on any atom is 0.416 e. The summed E-state index contributed by atoms with van der Waals surface area (Å²) >= 11 is 0. The zero-order valence-electron chi connectivity index (χ0n) is 29.2. The van der Waals surface area contributed by atoms with Crippen molar-refractivity contribution in [1.82, 2.24) is 15.1 Å². The van der Waals surface area contributed by atoms with E-state index in [-0.39, 0.29) is 49.3 Å². The number of fused-ring (bicyclic) bond motifs is 1. The molecular formula is C37H53F3N4O5. The molecular weight excluding hydrogens is 637 g/mol. The van der Waals surface area contributed by atoms with E-state index in [1.54, 1.807) is 30.0 Å². The number of carbonyl (C=O) groups excluding carboxylic acids is 2. The molecule has 12 heteroatoms. The van der Waals surface area contributed by atoms with Gasteiger partial charge in [0.1, 0.15) is 5.75 Å². The summed E-state index contributed by atoms with van der Waals surface area (Å²) in [5.74, 6) is -0.0812. The van der Waals surface area contributed by atoms with Gasteiger partial charge in [-0.25, -0.2) is 4.79 Å². The predicted molar refractivity (Wildman–Crippen MR) is 184 cm³/mol. The third-order valence-corrected chi connectivity index (χ3v) is 9.48. The minimum Gasteiger partial charge on any atom is -0.490 e. The summed E-state index contributed by atoms with van der Waals surface area (Å²) in [6.45, 7) is 7.17. The molecule has 0 aromatic heterocycles. The lowest BCUT2D eigenvalue weighted by Gasteiger charge is -2.36. The molecule has 0 bridgehead atoms. The molecule has 1 aliphatic carbocycles. The maximum absolute atomic E-state index is 14.4. The predicted octanol–water partition coefficient (Wildman–Crippen LogP) is 7.09. The molecule has 3 amide bonds. The number of carbonyl (C=O) groups is 2. The van der Waals surface area contributed by atoms with E-state index in [0.29, 0.717) is 36.7 Å². The second-order valence-corrected chi connectivity index (χ2v) is 13.8. The molecule has 0 saturated heterocycles. The topological polar surface area (TPSA) is 103 Å². The summed E-state index contributed by atoms with van der Waals surface area (Å²) in [6, 6.07) is 9.56. The lowest BCUT2D eigenvalue weighted by Crippen LogP contribution is -2.47. The van der Waals surface area contributed by atoms with Crippen molar-refractivity contribution in [2.75, 3.05) is 38.7 Å². The van der Waals surface area contributed by atoms with Crippen LogP contribution >= 0.6 is 0 Å². The Labute approximate surface area is 288 Å². The Kier molecular flexibility index (Phi) is 14.2. The summed E-state index contributed by atoms with van der Waals surface area (Å²) in [7, 11) is 1.90. The molecule has 0 spiro atoms. The molecule has 0 unspecified atom stereocenters. The number of hydrogen-bond donors (Lipinski definition) is 3. The maximum atomic E-state index is 14.4. The first kappa shape index (κ1) is 38.5. The number of halogens is 3. The second kappa shape index (κ2) is 18.1. The molecule has 1 saturated carbocycles. The molecule has 1 heterocycles. The van der Waals surface area contributed by atoms with Gasteiger partial charge in [0.15, 0.2) is 0 Å². The molecule has 3 N–H and O–H groups in total. The van der Waals surface area contributed by atoms with Crippen molar-refractivity contribution in [3.8, 4) is 5.75 Å². The van der Waals surface area contributed by atoms with Gasteiger partial charge in [-0.15, -0.1) is 0 Å². The quantitative estimate of drug-likeness (QED) is 0.274. The number of nitrogens with zero attached hydrogens (tertiary/aromatic N) is 2. The Morgan fingerprint density at radius 1 is 1.04 bits per heavy atom. The SMILES string of the molecule is C[C@@H]1CN([C@H](C)CO)C(=O)c2cc(NC(=O)NC3CCCCC3)ccc2O[C@@H](C)CCCCO[C@@H]1CN(C)Cc1ccc(C(F)(F)F)cc1. The number of nitrogens with one attached hydrogen (secondary N) is 2. The van der Waals surface area contributed by atoms with E-state index in [2.05, 4.69) is 10.6 Å². The summed E-state index contributed by atoms with van der Waals surface area (Å²) < 4.78 is 51.9. The highest BCUT2D eigenvalue weighted by atomic mass is 19.4. The molecule has 0 radical (unpaired) electrons. The molecule has 272 valence electrons. The lowest BCUT2D eigenvalue weighted by atomic mass is 9.96. The summed E-state index contributed by atoms with van der Waals surface area (Å²) in [5, 5.41) is 16.2. The number of likely N-dealkylation sites (N-methyl/N-ethyl adjacent to an activating group) is 1. The third-order valence-electron chi connectivity index (χ3n) is 9.48. The van der Waals surface area contributed by atoms with Gasteiger partial charge in [0.25, 0.3) is 5.91 Å². The number of aliphatic hydroxyl groups excluding tert-OH is 1. The van der Waals surface area contributed by atoms with Crippen molar-refractivity contribution in [3.63, 3.8) is 0 Å². The average Bonchev–Trinajstić information content (AvgIpc) is 3.06. The number of alkyl halides is 3. The number of benzene rings is 2. The Balaban J connectivity index is 1.54. The average molecular weight is 691 g/mol. The molecule has 2 aromatic carbocycles. The number of rotatable bonds is 8. The van der Waals surface area contributed by atoms with E-state index >= 15 is 0 Å². The fourth-order valence-corrected chi connectivity index (χ4v) is 6.54. The normalized spacial score (nSPS) is 22.5. The number of anilines is 1. The van der Waals surface area contributed by atoms with Crippen LogP contribution in [0.5, 0.6) is 5.75 Å². The van der Waals surface area contributed by atoms with Gasteiger partial charge < -0.3 is 30.1 Å². The standard InChI is InChI=1S/C37H53F3N4O5/c1-25-21-44(26(2)24-45)35(46)32-20-31(42-36(47)41-30-11-6-5-7-12-30)17-18-33(32)49-27(3)10-8-9-19-48-34(25)23-43(4)22-28-13-15-29(16-14-28)37(38,39)40/h13-18,20,25-27,30,34,45H,5-12,19,21-24H2,1-4H3,(H2,41,42,47)/t25-,26-,27+,34-/m1/s1. The minimum absolute atomic E-state index is 0.128. The van der Waals surface area contributed by atoms with E-state index < -0.39 is 17.8 Å². The fourth-order valence-electron chi connectivity index (χ4n) is 6.54. The van der Waals surface area contributed by atoms with Crippen molar-refractivity contribution < 1.29 is 37.3 Å². The van der Waals surface area contributed by atoms with Crippen molar-refractivity contribution in [2.45, 2.75) is 109 Å². The summed E-state index contributed by atoms with van der Waals surface area (Å²) in [6.07, 6.45) is 2.78. The molecule has 2 aliphatic rings. The van der Waals surface area contributed by atoms with Crippen LogP contribution in [-0.4, -0.2) is 84.5 Å². The van der Waals surface area contributed by atoms with Gasteiger partial charge in [0, 0.05) is 43.9 Å². The van der Waals surface area contributed by atoms with Gasteiger partial charge >= 0.3 is 12.2 Å². The van der Waals surface area contributed by atoms with Gasteiger partial charge in [-0.1, -0.05) is 38.3 Å². The van der Waals surface area contributed by atoms with Gasteiger partial charge in [0.2, 0.25) is 0 Å². The number of amides is 3. The summed E-state index contributed by atoms with van der Waals surface area (Å²) in [4.78, 5) is 30.9. The van der Waals surface area contributed by atoms with Crippen LogP contribution in [0.25, 0.3) is 0 Å². The molecule has 4 rings (SSSR count). The van der Waals surface area contributed by atoms with Gasteiger partial charge in [-0.05, 0) is 88.9 Å². The molecule has 9 nitrogen and oxygen atoms in total. The van der Waals surface area contributed by atoms with Crippen molar-refractivity contribution in [2.24, 2.45) is 5.92 Å². The highest BCUT2D eigenvalue weighted by molar-refractivity contribution is 5.99. The van der Waals surface area contributed by atoms with Crippen molar-refractivity contribution >= 4 is 17.6 Å². The van der Waals surface area contributed by atoms with Crippen LogP contribution in [0, 0.1) is 5.92 Å². The van der Waals surface area contributed by atoms with E-state index in [4.69, 9.17) is 9.47 Å². The Hall–Kier alpha value is -3.35. The second-order valence-electron chi connectivity index (χ2n) is 13.8. The van der Waals surface area contributed by atoms with Crippen molar-refractivity contribution in [1.29, 1.82) is 0 Å². The van der Waals surface area contributed by atoms with E-state index in [0.717, 1.165) is 62.6 Å². The number of ether oxygens (including phenoxy) is 2. The van der Waals surface area contributed by atoms with Gasteiger partial charge in [-0.3, -0.25) is 9.69 Å². The highest BCUT2D eigenvalue weighted by Gasteiger charge is 2.32. The highest BCUT2D eigenvalue weighted by Crippen LogP contribution is 2.30. The number of hydrogen-bond acceptors (Lipinski definition) is 6. The smallest absolute Gasteiger partial charge is 0.416 e. The first-order valence-corrected chi connectivity index (χ1v) is 17.6. The van der Waals surface area contributed by atoms with Crippen LogP contribution in [0.3, 0.4) is 0 Å². The van der Waals surface area contributed by atoms with E-state index in [9.17, 15) is 27.9 Å². The molecule has 49 heavy (non-hydrogen) atoms.